The number of hydrogen-bond donors (Lipinski definition) is 0. The van der Waals surface area contributed by atoms with Crippen LogP contribution in [0.5, 0.6) is 5.75 Å². The zero-order chi connectivity index (χ0) is 17.3. The maximum absolute atomic E-state index is 12.0. The molecule has 0 unspecified atom stereocenters. The van der Waals surface area contributed by atoms with Gasteiger partial charge in [0.1, 0.15) is 12.4 Å². The van der Waals surface area contributed by atoms with E-state index < -0.39 is 11.4 Å². The molecule has 0 aliphatic heterocycles. The van der Waals surface area contributed by atoms with Crippen molar-refractivity contribution in [2.24, 2.45) is 0 Å². The van der Waals surface area contributed by atoms with Gasteiger partial charge in [-0.2, -0.15) is 0 Å². The molecule has 0 aliphatic carbocycles. The Kier molecular flexibility index (Phi) is 4.44. The molecule has 0 saturated carbocycles. The van der Waals surface area contributed by atoms with Crippen molar-refractivity contribution < 1.29 is 9.15 Å². The first-order chi connectivity index (χ1) is 11.5. The molecule has 5 nitrogen and oxygen atoms in total. The van der Waals surface area contributed by atoms with Crippen LogP contribution in [0.15, 0.2) is 50.4 Å². The highest BCUT2D eigenvalue weighted by molar-refractivity contribution is 6.31. The van der Waals surface area contributed by atoms with Gasteiger partial charge in [0, 0.05) is 5.02 Å². The van der Waals surface area contributed by atoms with Crippen LogP contribution >= 0.6 is 11.6 Å². The van der Waals surface area contributed by atoms with Crippen LogP contribution in [0.1, 0.15) is 11.1 Å². The van der Waals surface area contributed by atoms with Crippen LogP contribution in [0.3, 0.4) is 0 Å². The fourth-order valence-electron chi connectivity index (χ4n) is 2.67. The van der Waals surface area contributed by atoms with Gasteiger partial charge in [0.2, 0.25) is 0 Å². The topological polar surface area (TPSA) is 61.4 Å². The van der Waals surface area contributed by atoms with E-state index >= 15 is 0 Å². The highest BCUT2D eigenvalue weighted by Crippen LogP contribution is 2.22. The van der Waals surface area contributed by atoms with Gasteiger partial charge in [-0.05, 0) is 43.2 Å². The maximum Gasteiger partial charge on any atom is 0.422 e. The molecule has 6 heteroatoms. The molecule has 0 saturated heterocycles. The normalized spacial score (nSPS) is 11.0. The largest absolute Gasteiger partial charge is 0.491 e. The Hall–Kier alpha value is -2.53. The van der Waals surface area contributed by atoms with Crippen molar-refractivity contribution >= 4 is 22.5 Å². The second-order valence-corrected chi connectivity index (χ2v) is 5.97. The fraction of sp³-hybridized carbons (Fsp3) is 0.222. The first-order valence-electron chi connectivity index (χ1n) is 7.49. The van der Waals surface area contributed by atoms with Gasteiger partial charge in [-0.25, -0.2) is 9.59 Å². The summed E-state index contributed by atoms with van der Waals surface area (Å²) in [7, 11) is 0. The Morgan fingerprint density at radius 3 is 2.54 bits per heavy atom. The third-order valence-electron chi connectivity index (χ3n) is 3.84. The van der Waals surface area contributed by atoms with E-state index in [1.54, 1.807) is 12.1 Å². The summed E-state index contributed by atoms with van der Waals surface area (Å²) < 4.78 is 12.0. The first-order valence-corrected chi connectivity index (χ1v) is 7.87. The highest BCUT2D eigenvalue weighted by atomic mass is 35.5. The molecule has 3 aromatic rings. The summed E-state index contributed by atoms with van der Waals surface area (Å²) in [5.74, 6) is 0.0928. The van der Waals surface area contributed by atoms with Crippen molar-refractivity contribution in [1.82, 2.24) is 4.57 Å². The number of ether oxygens (including phenoxy) is 1. The Morgan fingerprint density at radius 2 is 1.83 bits per heavy atom. The molecular formula is C18H16ClNO4. The van der Waals surface area contributed by atoms with Gasteiger partial charge < -0.3 is 9.15 Å². The number of para-hydroxylation sites is 1. The molecule has 0 N–H and O–H groups in total. The summed E-state index contributed by atoms with van der Waals surface area (Å²) in [6, 6.07) is 10.7. The van der Waals surface area contributed by atoms with Crippen LogP contribution in [0.4, 0.5) is 0 Å². The number of rotatable bonds is 4. The van der Waals surface area contributed by atoms with Crippen LogP contribution in [-0.4, -0.2) is 11.2 Å². The Morgan fingerprint density at radius 1 is 1.12 bits per heavy atom. The molecule has 0 bridgehead atoms. The van der Waals surface area contributed by atoms with Crippen molar-refractivity contribution in [3.8, 4) is 5.75 Å². The van der Waals surface area contributed by atoms with E-state index in [0.717, 1.165) is 16.9 Å². The number of aromatic nitrogens is 1. The fourth-order valence-corrected chi connectivity index (χ4v) is 2.84. The third kappa shape index (κ3) is 3.08. The Balaban J connectivity index is 1.91. The van der Waals surface area contributed by atoms with Gasteiger partial charge in [-0.3, -0.25) is 4.57 Å². The number of benzene rings is 2. The summed E-state index contributed by atoms with van der Waals surface area (Å²) in [6.07, 6.45) is 0. The van der Waals surface area contributed by atoms with Gasteiger partial charge in [0.25, 0.3) is 0 Å². The van der Waals surface area contributed by atoms with Crippen LogP contribution in [0.2, 0.25) is 5.02 Å². The second kappa shape index (κ2) is 6.53. The number of aryl methyl sites for hydroxylation is 2. The smallest absolute Gasteiger partial charge is 0.422 e. The van der Waals surface area contributed by atoms with Crippen molar-refractivity contribution in [3.63, 3.8) is 0 Å². The van der Waals surface area contributed by atoms with E-state index in [1.807, 2.05) is 32.0 Å². The van der Waals surface area contributed by atoms with Crippen molar-refractivity contribution in [3.05, 3.63) is 73.5 Å². The molecule has 0 fully saturated rings. The number of halogens is 1. The molecule has 0 aliphatic rings. The molecule has 1 heterocycles. The summed E-state index contributed by atoms with van der Waals surface area (Å²) >= 11 is 5.91. The van der Waals surface area contributed by atoms with Gasteiger partial charge in [-0.15, -0.1) is 0 Å². The quantitative estimate of drug-likeness (QED) is 0.728. The van der Waals surface area contributed by atoms with Gasteiger partial charge in [-0.1, -0.05) is 29.8 Å². The predicted molar refractivity (Wildman–Crippen MR) is 93.2 cm³/mol. The minimum absolute atomic E-state index is 0.258. The lowest BCUT2D eigenvalue weighted by Crippen LogP contribution is -2.27. The summed E-state index contributed by atoms with van der Waals surface area (Å²) in [5, 5.41) is 0.681. The Labute approximate surface area is 143 Å². The number of hydrogen-bond acceptors (Lipinski definition) is 4. The predicted octanol–water partition coefficient (Wildman–Crippen LogP) is 3.30. The van der Waals surface area contributed by atoms with E-state index in [0.29, 0.717) is 10.5 Å². The highest BCUT2D eigenvalue weighted by Gasteiger charge is 2.11. The third-order valence-corrected chi connectivity index (χ3v) is 4.07. The van der Waals surface area contributed by atoms with E-state index in [4.69, 9.17) is 20.8 Å². The van der Waals surface area contributed by atoms with Gasteiger partial charge >= 0.3 is 11.4 Å². The number of fused-ring (bicyclic) bond motifs is 1. The standard InChI is InChI=1S/C18H16ClNO4/c1-11-4-3-5-12(2)16(11)23-9-8-20-15-7-6-13(19)10-14(15)17(21)24-18(20)22/h3-7,10H,8-9H2,1-2H3. The Bertz CT molecular complexity index is 999. The molecule has 0 amide bonds. The summed E-state index contributed by atoms with van der Waals surface area (Å²) in [4.78, 5) is 23.8. The molecule has 24 heavy (non-hydrogen) atoms. The molecule has 0 radical (unpaired) electrons. The zero-order valence-electron chi connectivity index (χ0n) is 13.3. The van der Waals surface area contributed by atoms with Crippen LogP contribution in [0.25, 0.3) is 10.9 Å². The van der Waals surface area contributed by atoms with E-state index in [2.05, 4.69) is 0 Å². The minimum atomic E-state index is -0.708. The number of nitrogens with zero attached hydrogens (tertiary/aromatic N) is 1. The first kappa shape index (κ1) is 16.3. The average molecular weight is 346 g/mol. The molecular weight excluding hydrogens is 330 g/mol. The van der Waals surface area contributed by atoms with Crippen LogP contribution in [-0.2, 0) is 6.54 Å². The molecule has 1 aromatic heterocycles. The second-order valence-electron chi connectivity index (χ2n) is 5.54. The molecule has 0 atom stereocenters. The lowest BCUT2D eigenvalue weighted by Gasteiger charge is -2.13. The van der Waals surface area contributed by atoms with Crippen LogP contribution < -0.4 is 16.1 Å². The van der Waals surface area contributed by atoms with E-state index in [9.17, 15) is 9.59 Å². The van der Waals surface area contributed by atoms with E-state index in [1.165, 1.54) is 10.6 Å². The lowest BCUT2D eigenvalue weighted by molar-refractivity contribution is 0.284. The monoisotopic (exact) mass is 345 g/mol. The summed E-state index contributed by atoms with van der Waals surface area (Å²) in [6.45, 7) is 4.46. The van der Waals surface area contributed by atoms with Gasteiger partial charge in [0.05, 0.1) is 17.4 Å². The maximum atomic E-state index is 12.0. The SMILES string of the molecule is Cc1cccc(C)c1OCCn1c(=O)oc(=O)c2cc(Cl)ccc21. The van der Waals surface area contributed by atoms with E-state index in [-0.39, 0.29) is 18.5 Å². The molecule has 2 aromatic carbocycles. The van der Waals surface area contributed by atoms with Crippen LogP contribution in [0, 0.1) is 13.8 Å². The average Bonchev–Trinajstić information content (AvgIpc) is 2.53. The van der Waals surface area contributed by atoms with Gasteiger partial charge in [0.15, 0.2) is 0 Å². The van der Waals surface area contributed by atoms with Crippen molar-refractivity contribution in [2.75, 3.05) is 6.61 Å². The molecule has 124 valence electrons. The zero-order valence-corrected chi connectivity index (χ0v) is 14.1. The molecule has 0 spiro atoms. The van der Waals surface area contributed by atoms with Crippen molar-refractivity contribution in [2.45, 2.75) is 20.4 Å². The summed E-state index contributed by atoms with van der Waals surface area (Å²) in [5.41, 5.74) is 1.84. The minimum Gasteiger partial charge on any atom is -0.491 e. The van der Waals surface area contributed by atoms with Crippen molar-refractivity contribution in [1.29, 1.82) is 0 Å². The molecule has 3 rings (SSSR count). The lowest BCUT2D eigenvalue weighted by atomic mass is 10.1.